The maximum atomic E-state index is 11.9. The molecule has 2 aliphatic heterocycles. The molecule has 17 heavy (non-hydrogen) atoms. The van der Waals surface area contributed by atoms with Gasteiger partial charge in [-0.1, -0.05) is 0 Å². The van der Waals surface area contributed by atoms with Gasteiger partial charge in [0.25, 0.3) is 0 Å². The third-order valence-electron chi connectivity index (χ3n) is 3.92. The standard InChI is InChI=1S/C13H25N3O/c1-16-9-4-5-11(7-10-16)15-12-6-2-3-8-14-13(12)17/h11-12,15H,2-10H2,1H3,(H,14,17). The van der Waals surface area contributed by atoms with E-state index in [0.717, 1.165) is 32.4 Å². The summed E-state index contributed by atoms with van der Waals surface area (Å²) in [5, 5.41) is 6.57. The summed E-state index contributed by atoms with van der Waals surface area (Å²) in [6.07, 6.45) is 6.88. The molecule has 2 rings (SSSR count). The van der Waals surface area contributed by atoms with Crippen molar-refractivity contribution < 1.29 is 4.79 Å². The first-order valence-corrected chi connectivity index (χ1v) is 6.98. The van der Waals surface area contributed by atoms with E-state index in [9.17, 15) is 4.79 Å². The van der Waals surface area contributed by atoms with E-state index in [1.54, 1.807) is 0 Å². The van der Waals surface area contributed by atoms with Gasteiger partial charge in [0.05, 0.1) is 6.04 Å². The topological polar surface area (TPSA) is 44.4 Å². The molecule has 2 fully saturated rings. The van der Waals surface area contributed by atoms with Crippen molar-refractivity contribution in [2.24, 2.45) is 0 Å². The van der Waals surface area contributed by atoms with E-state index in [2.05, 4.69) is 22.6 Å². The molecule has 0 aliphatic carbocycles. The maximum absolute atomic E-state index is 11.9. The molecule has 2 heterocycles. The van der Waals surface area contributed by atoms with Crippen molar-refractivity contribution >= 4 is 5.91 Å². The molecule has 0 radical (unpaired) electrons. The lowest BCUT2D eigenvalue weighted by Gasteiger charge is -2.22. The van der Waals surface area contributed by atoms with Crippen LogP contribution in [0.1, 0.15) is 38.5 Å². The fourth-order valence-electron chi connectivity index (χ4n) is 2.79. The summed E-state index contributed by atoms with van der Waals surface area (Å²) < 4.78 is 0. The Hall–Kier alpha value is -0.610. The quantitative estimate of drug-likeness (QED) is 0.746. The Balaban J connectivity index is 1.83. The molecule has 2 saturated heterocycles. The molecule has 2 atom stereocenters. The monoisotopic (exact) mass is 239 g/mol. The highest BCUT2D eigenvalue weighted by atomic mass is 16.2. The molecular formula is C13H25N3O. The van der Waals surface area contributed by atoms with Gasteiger partial charge in [0.1, 0.15) is 0 Å². The summed E-state index contributed by atoms with van der Waals surface area (Å²) in [5.74, 6) is 0.208. The fourth-order valence-corrected chi connectivity index (χ4v) is 2.79. The first-order chi connectivity index (χ1) is 8.25. The lowest BCUT2D eigenvalue weighted by molar-refractivity contribution is -0.123. The molecule has 0 bridgehead atoms. The van der Waals surface area contributed by atoms with E-state index >= 15 is 0 Å². The number of likely N-dealkylation sites (tertiary alicyclic amines) is 1. The van der Waals surface area contributed by atoms with Crippen LogP contribution >= 0.6 is 0 Å². The van der Waals surface area contributed by atoms with Gasteiger partial charge in [0.15, 0.2) is 0 Å². The van der Waals surface area contributed by atoms with Gasteiger partial charge in [-0.3, -0.25) is 4.79 Å². The molecule has 0 aromatic carbocycles. The first kappa shape index (κ1) is 12.8. The van der Waals surface area contributed by atoms with Crippen LogP contribution in [0.4, 0.5) is 0 Å². The molecule has 4 nitrogen and oxygen atoms in total. The second kappa shape index (κ2) is 6.36. The number of carbonyl (C=O) groups excluding carboxylic acids is 1. The predicted octanol–water partition coefficient (Wildman–Crippen LogP) is 0.729. The highest BCUT2D eigenvalue weighted by Gasteiger charge is 2.24. The van der Waals surface area contributed by atoms with Crippen molar-refractivity contribution in [2.45, 2.75) is 50.6 Å². The number of rotatable bonds is 2. The minimum absolute atomic E-state index is 0.0471. The third-order valence-corrected chi connectivity index (χ3v) is 3.92. The largest absolute Gasteiger partial charge is 0.355 e. The molecule has 0 spiro atoms. The number of hydrogen-bond acceptors (Lipinski definition) is 3. The fraction of sp³-hybridized carbons (Fsp3) is 0.923. The third kappa shape index (κ3) is 3.96. The van der Waals surface area contributed by atoms with Gasteiger partial charge in [-0.25, -0.2) is 0 Å². The Labute approximate surface area is 104 Å². The van der Waals surface area contributed by atoms with Gasteiger partial charge in [-0.15, -0.1) is 0 Å². The average molecular weight is 239 g/mol. The van der Waals surface area contributed by atoms with Gasteiger partial charge in [0, 0.05) is 12.6 Å². The van der Waals surface area contributed by atoms with Crippen molar-refractivity contribution in [1.29, 1.82) is 0 Å². The number of nitrogens with zero attached hydrogens (tertiary/aromatic N) is 1. The van der Waals surface area contributed by atoms with Crippen LogP contribution in [0.25, 0.3) is 0 Å². The van der Waals surface area contributed by atoms with Gasteiger partial charge in [-0.2, -0.15) is 0 Å². The molecule has 2 N–H and O–H groups in total. The number of carbonyl (C=O) groups is 1. The van der Waals surface area contributed by atoms with Gasteiger partial charge in [0.2, 0.25) is 5.91 Å². The van der Waals surface area contributed by atoms with Crippen LogP contribution in [0.3, 0.4) is 0 Å². The first-order valence-electron chi connectivity index (χ1n) is 6.98. The van der Waals surface area contributed by atoms with E-state index in [0.29, 0.717) is 6.04 Å². The highest BCUT2D eigenvalue weighted by molar-refractivity contribution is 5.81. The van der Waals surface area contributed by atoms with Crippen LogP contribution in [0.2, 0.25) is 0 Å². The summed E-state index contributed by atoms with van der Waals surface area (Å²) in [4.78, 5) is 14.2. The van der Waals surface area contributed by atoms with E-state index in [-0.39, 0.29) is 11.9 Å². The zero-order chi connectivity index (χ0) is 12.1. The van der Waals surface area contributed by atoms with E-state index in [1.165, 1.54) is 25.8 Å². The summed E-state index contributed by atoms with van der Waals surface area (Å²) in [5.41, 5.74) is 0. The Morgan fingerprint density at radius 2 is 2.06 bits per heavy atom. The molecule has 1 amide bonds. The lowest BCUT2D eigenvalue weighted by Crippen LogP contribution is -2.47. The van der Waals surface area contributed by atoms with Crippen LogP contribution in [-0.4, -0.2) is 49.6 Å². The van der Waals surface area contributed by atoms with Crippen LogP contribution in [0.5, 0.6) is 0 Å². The van der Waals surface area contributed by atoms with Gasteiger partial charge in [-0.05, 0) is 58.7 Å². The highest BCUT2D eigenvalue weighted by Crippen LogP contribution is 2.13. The van der Waals surface area contributed by atoms with Crippen molar-refractivity contribution in [3.63, 3.8) is 0 Å². The van der Waals surface area contributed by atoms with Crippen molar-refractivity contribution in [1.82, 2.24) is 15.5 Å². The summed E-state index contributed by atoms with van der Waals surface area (Å²) >= 11 is 0. The molecule has 0 aromatic heterocycles. The van der Waals surface area contributed by atoms with E-state index < -0.39 is 0 Å². The van der Waals surface area contributed by atoms with Crippen LogP contribution in [0, 0.1) is 0 Å². The van der Waals surface area contributed by atoms with E-state index in [1.807, 2.05) is 0 Å². The Morgan fingerprint density at radius 1 is 1.18 bits per heavy atom. The Kier molecular flexibility index (Phi) is 4.80. The van der Waals surface area contributed by atoms with Gasteiger partial charge < -0.3 is 15.5 Å². The smallest absolute Gasteiger partial charge is 0.237 e. The summed E-state index contributed by atoms with van der Waals surface area (Å²) in [7, 11) is 2.18. The normalized spacial score (nSPS) is 32.6. The SMILES string of the molecule is CN1CCCC(NC2CCCCNC2=O)CC1. The van der Waals surface area contributed by atoms with Gasteiger partial charge >= 0.3 is 0 Å². The van der Waals surface area contributed by atoms with Crippen molar-refractivity contribution in [3.8, 4) is 0 Å². The number of nitrogens with one attached hydrogen (secondary N) is 2. The lowest BCUT2D eigenvalue weighted by atomic mass is 10.1. The van der Waals surface area contributed by atoms with Crippen LogP contribution in [-0.2, 0) is 4.79 Å². The van der Waals surface area contributed by atoms with Crippen molar-refractivity contribution in [3.05, 3.63) is 0 Å². The van der Waals surface area contributed by atoms with Crippen LogP contribution in [0.15, 0.2) is 0 Å². The minimum Gasteiger partial charge on any atom is -0.355 e. The summed E-state index contributed by atoms with van der Waals surface area (Å²) in [6.45, 7) is 3.19. The molecule has 2 aliphatic rings. The zero-order valence-corrected chi connectivity index (χ0v) is 10.9. The molecule has 0 saturated carbocycles. The Bertz CT molecular complexity index is 257. The maximum Gasteiger partial charge on any atom is 0.237 e. The predicted molar refractivity (Wildman–Crippen MR) is 68.9 cm³/mol. The molecule has 2 unspecified atom stereocenters. The number of amides is 1. The molecular weight excluding hydrogens is 214 g/mol. The molecule has 98 valence electrons. The average Bonchev–Trinajstić information content (AvgIpc) is 2.63. The second-order valence-electron chi connectivity index (χ2n) is 5.44. The Morgan fingerprint density at radius 3 is 2.94 bits per heavy atom. The summed E-state index contributed by atoms with van der Waals surface area (Å²) in [6, 6.07) is 0.569. The second-order valence-corrected chi connectivity index (χ2v) is 5.44. The molecule has 0 aromatic rings. The van der Waals surface area contributed by atoms with Crippen LogP contribution < -0.4 is 10.6 Å². The van der Waals surface area contributed by atoms with E-state index in [4.69, 9.17) is 0 Å². The van der Waals surface area contributed by atoms with Crippen molar-refractivity contribution in [2.75, 3.05) is 26.7 Å². The molecule has 4 heteroatoms. The number of hydrogen-bond donors (Lipinski definition) is 2. The zero-order valence-electron chi connectivity index (χ0n) is 10.9. The minimum atomic E-state index is 0.0471.